The first-order chi connectivity index (χ1) is 9.84. The molecule has 0 aliphatic rings. The molecule has 1 atom stereocenters. The molecule has 7 heteroatoms. The van der Waals surface area contributed by atoms with Crippen LogP contribution >= 0.6 is 27.5 Å². The van der Waals surface area contributed by atoms with Gasteiger partial charge >= 0.3 is 6.18 Å². The van der Waals surface area contributed by atoms with E-state index in [2.05, 4.69) is 21.4 Å². The van der Waals surface area contributed by atoms with Crippen LogP contribution in [0.1, 0.15) is 22.7 Å². The number of alkyl halides is 3. The van der Waals surface area contributed by atoms with Gasteiger partial charge in [0, 0.05) is 9.50 Å². The summed E-state index contributed by atoms with van der Waals surface area (Å²) in [5.74, 6) is 5.52. The quantitative estimate of drug-likeness (QED) is 0.600. The first-order valence-corrected chi connectivity index (χ1v) is 7.09. The molecule has 0 fully saturated rings. The van der Waals surface area contributed by atoms with Gasteiger partial charge in [0.2, 0.25) is 0 Å². The lowest BCUT2D eigenvalue weighted by molar-refractivity contribution is -0.137. The fraction of sp³-hybridized carbons (Fsp3) is 0.143. The number of rotatable bonds is 3. The standard InChI is InChI=1S/C14H11BrClF3N2/c15-11-6-5-8(14(17,18)19)7-10(11)13(21-20)9-3-1-2-4-12(9)16/h1-7,13,21H,20H2. The van der Waals surface area contributed by atoms with Crippen molar-refractivity contribution in [3.05, 3.63) is 68.7 Å². The predicted molar refractivity (Wildman–Crippen MR) is 79.8 cm³/mol. The first kappa shape index (κ1) is 16.3. The molecule has 112 valence electrons. The van der Waals surface area contributed by atoms with Gasteiger partial charge < -0.3 is 0 Å². The molecule has 21 heavy (non-hydrogen) atoms. The molecule has 0 saturated heterocycles. The molecule has 0 spiro atoms. The smallest absolute Gasteiger partial charge is 0.271 e. The molecular weight excluding hydrogens is 369 g/mol. The fourth-order valence-corrected chi connectivity index (χ4v) is 2.72. The molecule has 2 rings (SSSR count). The highest BCUT2D eigenvalue weighted by Crippen LogP contribution is 2.36. The molecule has 0 bridgehead atoms. The lowest BCUT2D eigenvalue weighted by atomic mass is 9.97. The summed E-state index contributed by atoms with van der Waals surface area (Å²) in [6.07, 6.45) is -4.42. The zero-order valence-corrected chi connectivity index (χ0v) is 12.9. The molecule has 2 nitrogen and oxygen atoms in total. The zero-order valence-electron chi connectivity index (χ0n) is 10.6. The van der Waals surface area contributed by atoms with Crippen LogP contribution < -0.4 is 11.3 Å². The van der Waals surface area contributed by atoms with Gasteiger partial charge in [-0.1, -0.05) is 45.7 Å². The Labute approximate surface area is 133 Å². The topological polar surface area (TPSA) is 38.0 Å². The van der Waals surface area contributed by atoms with Crippen LogP contribution in [-0.4, -0.2) is 0 Å². The Hall–Kier alpha value is -1.08. The van der Waals surface area contributed by atoms with Crippen LogP contribution in [0, 0.1) is 0 Å². The van der Waals surface area contributed by atoms with Crippen molar-refractivity contribution in [1.82, 2.24) is 5.43 Å². The Bertz CT molecular complexity index is 646. The molecule has 0 aliphatic heterocycles. The number of hydrazine groups is 1. The third-order valence-corrected chi connectivity index (χ3v) is 4.08. The zero-order chi connectivity index (χ0) is 15.6. The van der Waals surface area contributed by atoms with Crippen molar-refractivity contribution < 1.29 is 13.2 Å². The van der Waals surface area contributed by atoms with Crippen molar-refractivity contribution in [3.63, 3.8) is 0 Å². The number of nitrogens with two attached hydrogens (primary N) is 1. The van der Waals surface area contributed by atoms with Gasteiger partial charge in [-0.15, -0.1) is 0 Å². The molecule has 0 aromatic heterocycles. The number of hydrogen-bond acceptors (Lipinski definition) is 2. The van der Waals surface area contributed by atoms with E-state index in [0.29, 0.717) is 20.6 Å². The van der Waals surface area contributed by atoms with Crippen molar-refractivity contribution in [2.45, 2.75) is 12.2 Å². The lowest BCUT2D eigenvalue weighted by Gasteiger charge is -2.21. The molecule has 2 aromatic carbocycles. The Morgan fingerprint density at radius 3 is 2.33 bits per heavy atom. The minimum Gasteiger partial charge on any atom is -0.271 e. The van der Waals surface area contributed by atoms with E-state index in [9.17, 15) is 13.2 Å². The number of hydrogen-bond donors (Lipinski definition) is 2. The molecule has 0 saturated carbocycles. The van der Waals surface area contributed by atoms with Gasteiger partial charge in [-0.3, -0.25) is 5.84 Å². The first-order valence-electron chi connectivity index (χ1n) is 5.91. The van der Waals surface area contributed by atoms with E-state index in [-0.39, 0.29) is 0 Å². The van der Waals surface area contributed by atoms with Crippen LogP contribution in [0.5, 0.6) is 0 Å². The van der Waals surface area contributed by atoms with Crippen molar-refractivity contribution in [1.29, 1.82) is 0 Å². The van der Waals surface area contributed by atoms with E-state index < -0.39 is 17.8 Å². The lowest BCUT2D eigenvalue weighted by Crippen LogP contribution is -2.29. The Balaban J connectivity index is 2.55. The summed E-state index contributed by atoms with van der Waals surface area (Å²) in [6, 6.07) is 9.59. The maximum absolute atomic E-state index is 12.9. The summed E-state index contributed by atoms with van der Waals surface area (Å²) in [5, 5.41) is 0.421. The highest BCUT2D eigenvalue weighted by atomic mass is 79.9. The number of benzene rings is 2. The van der Waals surface area contributed by atoms with Crippen molar-refractivity contribution in [3.8, 4) is 0 Å². The monoisotopic (exact) mass is 378 g/mol. The SMILES string of the molecule is NNC(c1ccccc1Cl)c1cc(C(F)(F)F)ccc1Br. The molecular formula is C14H11BrClF3N2. The summed E-state index contributed by atoms with van der Waals surface area (Å²) in [4.78, 5) is 0. The van der Waals surface area contributed by atoms with E-state index in [0.717, 1.165) is 12.1 Å². The summed E-state index contributed by atoms with van der Waals surface area (Å²) < 4.78 is 39.1. The van der Waals surface area contributed by atoms with Crippen molar-refractivity contribution in [2.24, 2.45) is 5.84 Å². The molecule has 0 radical (unpaired) electrons. The van der Waals surface area contributed by atoms with Crippen LogP contribution in [0.25, 0.3) is 0 Å². The Kier molecular flexibility index (Phi) is 4.93. The van der Waals surface area contributed by atoms with E-state index >= 15 is 0 Å². The molecule has 0 heterocycles. The maximum Gasteiger partial charge on any atom is 0.416 e. The van der Waals surface area contributed by atoms with Gasteiger partial charge in [-0.2, -0.15) is 13.2 Å². The predicted octanol–water partition coefficient (Wildman–Crippen LogP) is 4.67. The molecule has 1 unspecified atom stereocenters. The van der Waals surface area contributed by atoms with E-state index in [1.54, 1.807) is 24.3 Å². The highest BCUT2D eigenvalue weighted by Gasteiger charge is 2.32. The van der Waals surface area contributed by atoms with Gasteiger partial charge in [0.25, 0.3) is 0 Å². The van der Waals surface area contributed by atoms with Gasteiger partial charge in [0.1, 0.15) is 0 Å². The van der Waals surface area contributed by atoms with Crippen LogP contribution in [0.3, 0.4) is 0 Å². The van der Waals surface area contributed by atoms with Crippen LogP contribution in [-0.2, 0) is 6.18 Å². The normalized spacial score (nSPS) is 13.2. The average Bonchev–Trinajstić information content (AvgIpc) is 2.42. The van der Waals surface area contributed by atoms with Gasteiger partial charge in [0.05, 0.1) is 11.6 Å². The third-order valence-electron chi connectivity index (χ3n) is 3.02. The second-order valence-corrected chi connectivity index (χ2v) is 5.62. The molecule has 2 aromatic rings. The highest BCUT2D eigenvalue weighted by molar-refractivity contribution is 9.10. The van der Waals surface area contributed by atoms with Gasteiger partial charge in [-0.25, -0.2) is 5.43 Å². The molecule has 3 N–H and O–H groups in total. The molecule has 0 amide bonds. The Morgan fingerprint density at radius 2 is 1.76 bits per heavy atom. The number of nitrogens with one attached hydrogen (secondary N) is 1. The third kappa shape index (κ3) is 3.58. The van der Waals surface area contributed by atoms with Gasteiger partial charge in [0.15, 0.2) is 0 Å². The largest absolute Gasteiger partial charge is 0.416 e. The van der Waals surface area contributed by atoms with Crippen molar-refractivity contribution in [2.75, 3.05) is 0 Å². The maximum atomic E-state index is 12.9. The van der Waals surface area contributed by atoms with E-state index in [1.165, 1.54) is 6.07 Å². The minimum absolute atomic E-state index is 0.362. The summed E-state index contributed by atoms with van der Waals surface area (Å²) >= 11 is 9.35. The van der Waals surface area contributed by atoms with E-state index in [1.807, 2.05) is 0 Å². The van der Waals surface area contributed by atoms with Gasteiger partial charge in [-0.05, 0) is 35.4 Å². The fourth-order valence-electron chi connectivity index (χ4n) is 2.00. The van der Waals surface area contributed by atoms with Crippen LogP contribution in [0.4, 0.5) is 13.2 Å². The van der Waals surface area contributed by atoms with Crippen molar-refractivity contribution >= 4 is 27.5 Å². The molecule has 0 aliphatic carbocycles. The second-order valence-electron chi connectivity index (χ2n) is 4.36. The summed E-state index contributed by atoms with van der Waals surface area (Å²) in [5.41, 5.74) is 2.73. The Morgan fingerprint density at radius 1 is 1.10 bits per heavy atom. The van der Waals surface area contributed by atoms with Crippen LogP contribution in [0.15, 0.2) is 46.9 Å². The van der Waals surface area contributed by atoms with E-state index in [4.69, 9.17) is 17.4 Å². The van der Waals surface area contributed by atoms with Crippen LogP contribution in [0.2, 0.25) is 5.02 Å². The second kappa shape index (κ2) is 6.36. The average molecular weight is 380 g/mol. The summed E-state index contributed by atoms with van der Waals surface area (Å²) in [7, 11) is 0. The summed E-state index contributed by atoms with van der Waals surface area (Å²) in [6.45, 7) is 0. The minimum atomic E-state index is -4.42. The number of halogens is 5.